The van der Waals surface area contributed by atoms with E-state index in [0.717, 1.165) is 43.1 Å². The number of nitro groups is 1. The molecule has 0 saturated carbocycles. The highest BCUT2D eigenvalue weighted by molar-refractivity contribution is 5.99. The minimum Gasteiger partial charge on any atom is -0.368 e. The van der Waals surface area contributed by atoms with Crippen LogP contribution in [-0.4, -0.2) is 36.1 Å². The van der Waals surface area contributed by atoms with Gasteiger partial charge in [-0.25, -0.2) is 9.37 Å². The van der Waals surface area contributed by atoms with Crippen LogP contribution in [0.1, 0.15) is 5.56 Å². The number of halogens is 1. The van der Waals surface area contributed by atoms with E-state index >= 15 is 0 Å². The summed E-state index contributed by atoms with van der Waals surface area (Å²) >= 11 is 0. The summed E-state index contributed by atoms with van der Waals surface area (Å²) in [6, 6.07) is 11.9. The molecular formula is C20H19FN4O2. The third-order valence-corrected chi connectivity index (χ3v) is 5.05. The van der Waals surface area contributed by atoms with E-state index in [1.54, 1.807) is 37.4 Å². The van der Waals surface area contributed by atoms with Crippen LogP contribution in [0.25, 0.3) is 10.8 Å². The predicted octanol–water partition coefficient (Wildman–Crippen LogP) is 3.92. The van der Waals surface area contributed by atoms with Crippen LogP contribution in [0.5, 0.6) is 0 Å². The molecule has 0 spiro atoms. The molecule has 0 aliphatic carbocycles. The molecule has 138 valence electrons. The molecule has 2 aromatic carbocycles. The minimum atomic E-state index is -0.325. The fourth-order valence-electron chi connectivity index (χ4n) is 3.66. The van der Waals surface area contributed by atoms with Crippen molar-refractivity contribution in [3.63, 3.8) is 0 Å². The van der Waals surface area contributed by atoms with Crippen molar-refractivity contribution in [3.8, 4) is 0 Å². The van der Waals surface area contributed by atoms with Crippen LogP contribution in [0.3, 0.4) is 0 Å². The topological polar surface area (TPSA) is 62.5 Å². The maximum Gasteiger partial charge on any atom is 0.280 e. The lowest BCUT2D eigenvalue weighted by atomic mass is 10.1. The van der Waals surface area contributed by atoms with Gasteiger partial charge in [0.2, 0.25) is 0 Å². The first-order valence-corrected chi connectivity index (χ1v) is 8.83. The Morgan fingerprint density at radius 2 is 1.63 bits per heavy atom. The highest BCUT2D eigenvalue weighted by atomic mass is 19.1. The monoisotopic (exact) mass is 366 g/mol. The van der Waals surface area contributed by atoms with Gasteiger partial charge in [0, 0.05) is 49.0 Å². The normalized spacial score (nSPS) is 14.6. The van der Waals surface area contributed by atoms with E-state index in [1.165, 1.54) is 12.1 Å². The van der Waals surface area contributed by atoms with Crippen LogP contribution in [0.4, 0.5) is 21.6 Å². The molecule has 0 radical (unpaired) electrons. The SMILES string of the molecule is Cc1ccc2c(N3CCN(c4ccc(F)cc4)CC3)nccc2c1[N+](=O)[O-]. The summed E-state index contributed by atoms with van der Waals surface area (Å²) in [5.41, 5.74) is 1.78. The Kier molecular flexibility index (Phi) is 4.35. The smallest absolute Gasteiger partial charge is 0.280 e. The fraction of sp³-hybridized carbons (Fsp3) is 0.250. The van der Waals surface area contributed by atoms with Gasteiger partial charge in [-0.3, -0.25) is 10.1 Å². The first-order valence-electron chi connectivity index (χ1n) is 8.83. The lowest BCUT2D eigenvalue weighted by Gasteiger charge is -2.37. The molecule has 7 heteroatoms. The third kappa shape index (κ3) is 3.16. The average Bonchev–Trinajstić information content (AvgIpc) is 2.68. The molecule has 27 heavy (non-hydrogen) atoms. The highest BCUT2D eigenvalue weighted by Crippen LogP contribution is 2.34. The Bertz CT molecular complexity index is 999. The van der Waals surface area contributed by atoms with E-state index in [1.807, 2.05) is 6.07 Å². The molecule has 0 amide bonds. The molecule has 1 aliphatic rings. The second-order valence-electron chi connectivity index (χ2n) is 6.67. The van der Waals surface area contributed by atoms with Gasteiger partial charge < -0.3 is 9.80 Å². The number of anilines is 2. The second-order valence-corrected chi connectivity index (χ2v) is 6.67. The largest absolute Gasteiger partial charge is 0.368 e. The maximum absolute atomic E-state index is 13.1. The van der Waals surface area contributed by atoms with Gasteiger partial charge in [-0.2, -0.15) is 0 Å². The lowest BCUT2D eigenvalue weighted by molar-refractivity contribution is -0.383. The molecule has 0 atom stereocenters. The number of aromatic nitrogens is 1. The molecule has 1 aliphatic heterocycles. The molecule has 4 rings (SSSR count). The molecule has 6 nitrogen and oxygen atoms in total. The molecule has 0 bridgehead atoms. The number of nitro benzene ring substituents is 1. The Balaban J connectivity index is 1.62. The van der Waals surface area contributed by atoms with Crippen molar-refractivity contribution < 1.29 is 9.31 Å². The number of aryl methyl sites for hydroxylation is 1. The number of fused-ring (bicyclic) bond motifs is 1. The van der Waals surface area contributed by atoms with Gasteiger partial charge >= 0.3 is 0 Å². The highest BCUT2D eigenvalue weighted by Gasteiger charge is 2.23. The molecule has 1 saturated heterocycles. The zero-order valence-corrected chi connectivity index (χ0v) is 14.9. The number of pyridine rings is 1. The Morgan fingerprint density at radius 3 is 2.30 bits per heavy atom. The summed E-state index contributed by atoms with van der Waals surface area (Å²) in [6.45, 7) is 4.78. The molecule has 0 N–H and O–H groups in total. The van der Waals surface area contributed by atoms with Crippen molar-refractivity contribution in [3.05, 3.63) is 70.2 Å². The maximum atomic E-state index is 13.1. The number of benzene rings is 2. The Morgan fingerprint density at radius 1 is 0.963 bits per heavy atom. The van der Waals surface area contributed by atoms with E-state index in [2.05, 4.69) is 14.8 Å². The first kappa shape index (κ1) is 17.2. The summed E-state index contributed by atoms with van der Waals surface area (Å²) in [6.07, 6.45) is 1.64. The van der Waals surface area contributed by atoms with Gasteiger partial charge in [-0.15, -0.1) is 0 Å². The van der Waals surface area contributed by atoms with Crippen LogP contribution in [-0.2, 0) is 0 Å². The standard InChI is InChI=1S/C20H19FN4O2/c1-14-2-7-18-17(19(14)25(26)27)8-9-22-20(18)24-12-10-23(11-13-24)16-5-3-15(21)4-6-16/h2-9H,10-13H2,1H3. The molecule has 3 aromatic rings. The summed E-state index contributed by atoms with van der Waals surface area (Å²) in [7, 11) is 0. The van der Waals surface area contributed by atoms with Crippen molar-refractivity contribution in [2.45, 2.75) is 6.92 Å². The van der Waals surface area contributed by atoms with E-state index < -0.39 is 0 Å². The molecule has 1 fully saturated rings. The van der Waals surface area contributed by atoms with E-state index in [0.29, 0.717) is 10.9 Å². The summed E-state index contributed by atoms with van der Waals surface area (Å²) in [4.78, 5) is 20.0. The van der Waals surface area contributed by atoms with E-state index in [4.69, 9.17) is 0 Å². The average molecular weight is 366 g/mol. The van der Waals surface area contributed by atoms with E-state index in [-0.39, 0.29) is 16.4 Å². The molecule has 0 unspecified atom stereocenters. The van der Waals surface area contributed by atoms with Gasteiger partial charge in [0.1, 0.15) is 11.6 Å². The number of hydrogen-bond donors (Lipinski definition) is 0. The quantitative estimate of drug-likeness (QED) is 0.519. The summed E-state index contributed by atoms with van der Waals surface area (Å²) in [5, 5.41) is 12.9. The van der Waals surface area contributed by atoms with Gasteiger partial charge in [0.15, 0.2) is 0 Å². The van der Waals surface area contributed by atoms with E-state index in [9.17, 15) is 14.5 Å². The van der Waals surface area contributed by atoms with Gasteiger partial charge in [0.05, 0.1) is 10.3 Å². The van der Waals surface area contributed by atoms with Crippen molar-refractivity contribution in [2.24, 2.45) is 0 Å². The van der Waals surface area contributed by atoms with Crippen LogP contribution in [0, 0.1) is 22.9 Å². The van der Waals surface area contributed by atoms with Crippen molar-refractivity contribution in [1.82, 2.24) is 4.98 Å². The van der Waals surface area contributed by atoms with Crippen LogP contribution < -0.4 is 9.80 Å². The number of piperazine rings is 1. The first-order chi connectivity index (χ1) is 13.0. The molecule has 1 aromatic heterocycles. The van der Waals surface area contributed by atoms with Crippen LogP contribution >= 0.6 is 0 Å². The minimum absolute atomic E-state index is 0.140. The van der Waals surface area contributed by atoms with Crippen LogP contribution in [0.15, 0.2) is 48.7 Å². The number of hydrogen-bond acceptors (Lipinski definition) is 5. The molecule has 2 heterocycles. The predicted molar refractivity (Wildman–Crippen MR) is 104 cm³/mol. The van der Waals surface area contributed by atoms with Crippen molar-refractivity contribution in [1.29, 1.82) is 0 Å². The number of rotatable bonds is 3. The third-order valence-electron chi connectivity index (χ3n) is 5.05. The van der Waals surface area contributed by atoms with Crippen molar-refractivity contribution >= 4 is 28.0 Å². The van der Waals surface area contributed by atoms with Crippen molar-refractivity contribution in [2.75, 3.05) is 36.0 Å². The lowest BCUT2D eigenvalue weighted by Crippen LogP contribution is -2.46. The second kappa shape index (κ2) is 6.83. The Hall–Kier alpha value is -3.22. The Labute approximate surface area is 156 Å². The zero-order chi connectivity index (χ0) is 19.0. The van der Waals surface area contributed by atoms with Gasteiger partial charge in [-0.05, 0) is 43.3 Å². The summed E-state index contributed by atoms with van der Waals surface area (Å²) in [5.74, 6) is 0.531. The van der Waals surface area contributed by atoms with Gasteiger partial charge in [-0.1, -0.05) is 6.07 Å². The van der Waals surface area contributed by atoms with Crippen LogP contribution in [0.2, 0.25) is 0 Å². The summed E-state index contributed by atoms with van der Waals surface area (Å²) < 4.78 is 13.1. The number of nitrogens with zero attached hydrogens (tertiary/aromatic N) is 4. The fourth-order valence-corrected chi connectivity index (χ4v) is 3.66. The molecular weight excluding hydrogens is 347 g/mol. The zero-order valence-electron chi connectivity index (χ0n) is 14.9. The van der Waals surface area contributed by atoms with Gasteiger partial charge in [0.25, 0.3) is 5.69 Å².